The van der Waals surface area contributed by atoms with Crippen molar-refractivity contribution in [1.82, 2.24) is 9.88 Å². The number of aliphatic hydroxyl groups is 1. The highest BCUT2D eigenvalue weighted by Gasteiger charge is 2.34. The number of hydrogen-bond donors (Lipinski definition) is 2. The van der Waals surface area contributed by atoms with Crippen molar-refractivity contribution in [2.75, 3.05) is 25.5 Å². The molecule has 1 heterocycles. The Hall–Kier alpha value is -1.33. The third-order valence-corrected chi connectivity index (χ3v) is 4.12. The summed E-state index contributed by atoms with van der Waals surface area (Å²) in [5.74, 6) is 0.360. The number of likely N-dealkylation sites (N-methyl/N-ethyl adjacent to an activating group) is 1. The smallest absolute Gasteiger partial charge is 0.273 e. The van der Waals surface area contributed by atoms with Gasteiger partial charge in [-0.15, -0.1) is 0 Å². The SMILES string of the molecule is CCNc1ccc(Cl)c(C(=O)N(C)CC2(O)CCCC2)n1. The first-order chi connectivity index (χ1) is 9.95. The maximum Gasteiger partial charge on any atom is 0.273 e. The molecule has 0 radical (unpaired) electrons. The highest BCUT2D eigenvalue weighted by Crippen LogP contribution is 2.30. The number of anilines is 1. The van der Waals surface area contributed by atoms with Gasteiger partial charge in [0.25, 0.3) is 5.91 Å². The highest BCUT2D eigenvalue weighted by molar-refractivity contribution is 6.33. The van der Waals surface area contributed by atoms with Crippen LogP contribution in [0.4, 0.5) is 5.82 Å². The van der Waals surface area contributed by atoms with Crippen molar-refractivity contribution >= 4 is 23.3 Å². The largest absolute Gasteiger partial charge is 0.388 e. The van der Waals surface area contributed by atoms with E-state index in [1.54, 1.807) is 19.2 Å². The van der Waals surface area contributed by atoms with Crippen molar-refractivity contribution < 1.29 is 9.90 Å². The molecule has 0 unspecified atom stereocenters. The fourth-order valence-electron chi connectivity index (χ4n) is 2.76. The second-order valence-corrected chi connectivity index (χ2v) is 6.06. The number of carbonyl (C=O) groups is 1. The maximum absolute atomic E-state index is 12.5. The lowest BCUT2D eigenvalue weighted by Crippen LogP contribution is -2.42. The second kappa shape index (κ2) is 6.62. The number of hydrogen-bond acceptors (Lipinski definition) is 4. The van der Waals surface area contributed by atoms with Gasteiger partial charge in [0.05, 0.1) is 10.6 Å². The normalized spacial score (nSPS) is 16.8. The Kier molecular flexibility index (Phi) is 5.06. The van der Waals surface area contributed by atoms with Gasteiger partial charge in [-0.25, -0.2) is 4.98 Å². The third-order valence-electron chi connectivity index (χ3n) is 3.82. The number of carbonyl (C=O) groups excluding carboxylic acids is 1. The lowest BCUT2D eigenvalue weighted by molar-refractivity contribution is 0.0155. The Morgan fingerprint density at radius 2 is 2.14 bits per heavy atom. The quantitative estimate of drug-likeness (QED) is 0.877. The standard InChI is InChI=1S/C15H22ClN3O2/c1-3-17-12-7-6-11(16)13(18-12)14(20)19(2)10-15(21)8-4-5-9-15/h6-7,21H,3-5,8-10H2,1-2H3,(H,17,18). The molecular weight excluding hydrogens is 290 g/mol. The van der Waals surface area contributed by atoms with Crippen LogP contribution in [0.15, 0.2) is 12.1 Å². The van der Waals surface area contributed by atoms with E-state index in [4.69, 9.17) is 11.6 Å². The lowest BCUT2D eigenvalue weighted by Gasteiger charge is -2.28. The number of nitrogens with one attached hydrogen (secondary N) is 1. The summed E-state index contributed by atoms with van der Waals surface area (Å²) in [5, 5.41) is 13.8. The summed E-state index contributed by atoms with van der Waals surface area (Å²) in [6, 6.07) is 3.41. The molecule has 1 aromatic heterocycles. The number of halogens is 1. The average Bonchev–Trinajstić information content (AvgIpc) is 2.87. The molecule has 5 nitrogen and oxygen atoms in total. The van der Waals surface area contributed by atoms with E-state index < -0.39 is 5.60 Å². The number of nitrogens with zero attached hydrogens (tertiary/aromatic N) is 2. The molecule has 2 N–H and O–H groups in total. The Labute approximate surface area is 130 Å². The van der Waals surface area contributed by atoms with Crippen LogP contribution in [0.1, 0.15) is 43.1 Å². The summed E-state index contributed by atoms with van der Waals surface area (Å²) in [6.07, 6.45) is 3.49. The molecule has 6 heteroatoms. The van der Waals surface area contributed by atoms with E-state index in [0.717, 1.165) is 32.2 Å². The van der Waals surface area contributed by atoms with Crippen molar-refractivity contribution in [3.63, 3.8) is 0 Å². The van der Waals surface area contributed by atoms with Gasteiger partial charge in [0.1, 0.15) is 11.5 Å². The number of pyridine rings is 1. The van der Waals surface area contributed by atoms with Crippen LogP contribution >= 0.6 is 11.6 Å². The molecule has 1 aromatic rings. The van der Waals surface area contributed by atoms with Gasteiger partial charge in [-0.05, 0) is 31.9 Å². The van der Waals surface area contributed by atoms with E-state index in [9.17, 15) is 9.90 Å². The Bertz CT molecular complexity index is 516. The maximum atomic E-state index is 12.5. The van der Waals surface area contributed by atoms with Gasteiger partial charge in [-0.2, -0.15) is 0 Å². The molecule has 0 aliphatic heterocycles. The van der Waals surface area contributed by atoms with Crippen LogP contribution in [0.3, 0.4) is 0 Å². The molecule has 0 atom stereocenters. The first-order valence-electron chi connectivity index (χ1n) is 7.33. The van der Waals surface area contributed by atoms with Crippen LogP contribution in [-0.4, -0.2) is 46.6 Å². The van der Waals surface area contributed by atoms with Crippen molar-refractivity contribution in [2.45, 2.75) is 38.2 Å². The summed E-state index contributed by atoms with van der Waals surface area (Å²) in [6.45, 7) is 2.99. The van der Waals surface area contributed by atoms with E-state index in [1.807, 2.05) is 6.92 Å². The summed E-state index contributed by atoms with van der Waals surface area (Å²) >= 11 is 6.09. The van der Waals surface area contributed by atoms with Gasteiger partial charge < -0.3 is 15.3 Å². The molecule has 0 bridgehead atoms. The van der Waals surface area contributed by atoms with E-state index in [1.165, 1.54) is 4.90 Å². The molecule has 1 fully saturated rings. The summed E-state index contributed by atoms with van der Waals surface area (Å²) < 4.78 is 0. The Morgan fingerprint density at radius 1 is 1.48 bits per heavy atom. The van der Waals surface area contributed by atoms with Crippen molar-refractivity contribution in [3.05, 3.63) is 22.8 Å². The van der Waals surface area contributed by atoms with Gasteiger partial charge in [-0.1, -0.05) is 24.4 Å². The van der Waals surface area contributed by atoms with Gasteiger partial charge in [0, 0.05) is 20.1 Å². The molecule has 1 amide bonds. The van der Waals surface area contributed by atoms with Gasteiger partial charge >= 0.3 is 0 Å². The van der Waals surface area contributed by atoms with E-state index >= 15 is 0 Å². The molecule has 21 heavy (non-hydrogen) atoms. The zero-order chi connectivity index (χ0) is 15.5. The molecule has 1 saturated carbocycles. The molecule has 1 aliphatic carbocycles. The fourth-order valence-corrected chi connectivity index (χ4v) is 2.94. The fraction of sp³-hybridized carbons (Fsp3) is 0.600. The first-order valence-corrected chi connectivity index (χ1v) is 7.71. The van der Waals surface area contributed by atoms with Crippen molar-refractivity contribution in [1.29, 1.82) is 0 Å². The van der Waals surface area contributed by atoms with E-state index in [0.29, 0.717) is 17.4 Å². The Balaban J connectivity index is 2.13. The molecule has 116 valence electrons. The first kappa shape index (κ1) is 16.0. The zero-order valence-corrected chi connectivity index (χ0v) is 13.3. The van der Waals surface area contributed by atoms with Crippen LogP contribution in [-0.2, 0) is 0 Å². The summed E-state index contributed by atoms with van der Waals surface area (Å²) in [7, 11) is 1.68. The van der Waals surface area contributed by atoms with Gasteiger partial charge in [0.15, 0.2) is 0 Å². The third kappa shape index (κ3) is 3.86. The zero-order valence-electron chi connectivity index (χ0n) is 12.5. The minimum Gasteiger partial charge on any atom is -0.388 e. The van der Waals surface area contributed by atoms with Crippen LogP contribution < -0.4 is 5.32 Å². The van der Waals surface area contributed by atoms with Crippen molar-refractivity contribution in [2.24, 2.45) is 0 Å². The molecule has 1 aliphatic rings. The Morgan fingerprint density at radius 3 is 2.76 bits per heavy atom. The van der Waals surface area contributed by atoms with E-state index in [2.05, 4.69) is 10.3 Å². The van der Waals surface area contributed by atoms with Crippen LogP contribution in [0.25, 0.3) is 0 Å². The topological polar surface area (TPSA) is 65.5 Å². The molecule has 2 rings (SSSR count). The predicted octanol–water partition coefficient (Wildman–Crippen LogP) is 2.54. The lowest BCUT2D eigenvalue weighted by atomic mass is 10.0. The molecule has 0 aromatic carbocycles. The van der Waals surface area contributed by atoms with Crippen LogP contribution in [0.2, 0.25) is 5.02 Å². The molecule has 0 saturated heterocycles. The van der Waals surface area contributed by atoms with Gasteiger partial charge in [0.2, 0.25) is 0 Å². The van der Waals surface area contributed by atoms with Crippen molar-refractivity contribution in [3.8, 4) is 0 Å². The summed E-state index contributed by atoms with van der Waals surface area (Å²) in [5.41, 5.74) is -0.546. The number of amides is 1. The van der Waals surface area contributed by atoms with E-state index in [-0.39, 0.29) is 11.6 Å². The summed E-state index contributed by atoms with van der Waals surface area (Å²) in [4.78, 5) is 18.3. The molecular formula is C15H22ClN3O2. The minimum atomic E-state index is -0.768. The van der Waals surface area contributed by atoms with Crippen LogP contribution in [0, 0.1) is 0 Å². The highest BCUT2D eigenvalue weighted by atomic mass is 35.5. The molecule has 0 spiro atoms. The minimum absolute atomic E-state index is 0.221. The average molecular weight is 312 g/mol. The predicted molar refractivity (Wildman–Crippen MR) is 83.8 cm³/mol. The number of aromatic nitrogens is 1. The number of rotatable bonds is 5. The van der Waals surface area contributed by atoms with Crippen LogP contribution in [0.5, 0.6) is 0 Å². The van der Waals surface area contributed by atoms with Gasteiger partial charge in [-0.3, -0.25) is 4.79 Å². The monoisotopic (exact) mass is 311 g/mol. The second-order valence-electron chi connectivity index (χ2n) is 5.65.